The minimum absolute atomic E-state index is 0.0909. The van der Waals surface area contributed by atoms with Gasteiger partial charge in [0.25, 0.3) is 5.91 Å². The molecule has 0 bridgehead atoms. The van der Waals surface area contributed by atoms with Gasteiger partial charge < -0.3 is 15.0 Å². The first-order chi connectivity index (χ1) is 14.1. The summed E-state index contributed by atoms with van der Waals surface area (Å²) in [4.78, 5) is 30.1. The van der Waals surface area contributed by atoms with Gasteiger partial charge in [-0.2, -0.15) is 0 Å². The van der Waals surface area contributed by atoms with Crippen molar-refractivity contribution >= 4 is 34.5 Å². The number of rotatable bonds is 6. The van der Waals surface area contributed by atoms with E-state index >= 15 is 0 Å². The van der Waals surface area contributed by atoms with Crippen LogP contribution in [0.2, 0.25) is 0 Å². The summed E-state index contributed by atoms with van der Waals surface area (Å²) in [7, 11) is 0. The first-order valence-corrected chi connectivity index (χ1v) is 10.1. The highest BCUT2D eigenvalue weighted by Gasteiger charge is 2.24. The average Bonchev–Trinajstić information content (AvgIpc) is 3.38. The highest BCUT2D eigenvalue weighted by molar-refractivity contribution is 7.07. The van der Waals surface area contributed by atoms with Crippen molar-refractivity contribution in [1.29, 1.82) is 0 Å². The lowest BCUT2D eigenvalue weighted by Crippen LogP contribution is -2.24. The van der Waals surface area contributed by atoms with Gasteiger partial charge in [0.2, 0.25) is 5.91 Å². The summed E-state index contributed by atoms with van der Waals surface area (Å²) >= 11 is 1.47. The summed E-state index contributed by atoms with van der Waals surface area (Å²) in [6.07, 6.45) is 1.14. The Morgan fingerprint density at radius 2 is 2.14 bits per heavy atom. The number of aromatic nitrogens is 1. The molecule has 1 fully saturated rings. The fraction of sp³-hybridized carbons (Fsp3) is 0.190. The van der Waals surface area contributed by atoms with Gasteiger partial charge in [0.15, 0.2) is 0 Å². The highest BCUT2D eigenvalue weighted by Crippen LogP contribution is 2.27. The predicted octanol–water partition coefficient (Wildman–Crippen LogP) is 4.24. The Hall–Kier alpha value is -3.26. The van der Waals surface area contributed by atoms with Crippen LogP contribution in [0.3, 0.4) is 0 Å². The minimum atomic E-state index is -0.550. The van der Waals surface area contributed by atoms with Crippen LogP contribution in [-0.4, -0.2) is 23.3 Å². The molecule has 1 N–H and O–H groups in total. The van der Waals surface area contributed by atoms with Gasteiger partial charge in [-0.25, -0.2) is 9.37 Å². The van der Waals surface area contributed by atoms with Gasteiger partial charge in [0, 0.05) is 24.0 Å². The van der Waals surface area contributed by atoms with E-state index in [0.717, 1.165) is 5.69 Å². The number of carbonyl (C=O) groups excluding carboxylic acids is 2. The van der Waals surface area contributed by atoms with Gasteiger partial charge in [0.05, 0.1) is 22.5 Å². The standard InChI is InChI=1S/C21H18FN3O3S/c22-17-10-14(7-8-18(17)25-9-3-6-20(25)26)24-21(27)16-4-1-2-5-19(16)28-11-15-12-29-13-23-15/h1-2,4-5,7-8,10,12-13H,3,6,9,11H2,(H,24,27). The number of nitrogens with zero attached hydrogens (tertiary/aromatic N) is 2. The van der Waals surface area contributed by atoms with Crippen molar-refractivity contribution in [2.45, 2.75) is 19.4 Å². The van der Waals surface area contributed by atoms with Crippen LogP contribution in [0.15, 0.2) is 53.4 Å². The molecule has 8 heteroatoms. The van der Waals surface area contributed by atoms with Crippen LogP contribution in [0.4, 0.5) is 15.8 Å². The van der Waals surface area contributed by atoms with Crippen LogP contribution in [0, 0.1) is 5.82 Å². The van der Waals surface area contributed by atoms with E-state index in [1.807, 2.05) is 5.38 Å². The maximum absolute atomic E-state index is 14.5. The van der Waals surface area contributed by atoms with Crippen molar-refractivity contribution in [3.63, 3.8) is 0 Å². The summed E-state index contributed by atoms with van der Waals surface area (Å²) < 4.78 is 20.2. The van der Waals surface area contributed by atoms with Crippen molar-refractivity contribution in [2.24, 2.45) is 0 Å². The number of ether oxygens (including phenoxy) is 1. The molecular formula is C21H18FN3O3S. The molecule has 0 atom stereocenters. The second-order valence-electron chi connectivity index (χ2n) is 6.53. The van der Waals surface area contributed by atoms with Gasteiger partial charge in [-0.3, -0.25) is 9.59 Å². The zero-order valence-corrected chi connectivity index (χ0v) is 16.2. The molecule has 0 spiro atoms. The van der Waals surface area contributed by atoms with E-state index in [9.17, 15) is 14.0 Å². The van der Waals surface area contributed by atoms with Crippen molar-refractivity contribution in [2.75, 3.05) is 16.8 Å². The number of anilines is 2. The lowest BCUT2D eigenvalue weighted by molar-refractivity contribution is -0.117. The smallest absolute Gasteiger partial charge is 0.259 e. The Morgan fingerprint density at radius 1 is 1.28 bits per heavy atom. The number of amides is 2. The third-order valence-corrected chi connectivity index (χ3v) is 5.20. The number of hydrogen-bond donors (Lipinski definition) is 1. The van der Waals surface area contributed by atoms with E-state index in [2.05, 4.69) is 10.3 Å². The van der Waals surface area contributed by atoms with Crippen molar-refractivity contribution < 1.29 is 18.7 Å². The van der Waals surface area contributed by atoms with Gasteiger partial charge in [-0.1, -0.05) is 12.1 Å². The maximum atomic E-state index is 14.5. The second-order valence-corrected chi connectivity index (χ2v) is 7.25. The van der Waals surface area contributed by atoms with Crippen molar-refractivity contribution in [3.05, 3.63) is 70.4 Å². The molecule has 0 radical (unpaired) electrons. The average molecular weight is 411 g/mol. The monoisotopic (exact) mass is 411 g/mol. The fourth-order valence-electron chi connectivity index (χ4n) is 3.15. The van der Waals surface area contributed by atoms with Gasteiger partial charge in [-0.05, 0) is 36.8 Å². The van der Waals surface area contributed by atoms with E-state index in [4.69, 9.17) is 4.74 Å². The summed E-state index contributed by atoms with van der Waals surface area (Å²) in [5, 5.41) is 4.56. The van der Waals surface area contributed by atoms with E-state index in [1.165, 1.54) is 28.4 Å². The Morgan fingerprint density at radius 3 is 2.86 bits per heavy atom. The quantitative estimate of drug-likeness (QED) is 0.659. The number of halogens is 1. The Bertz CT molecular complexity index is 1040. The Kier molecular flexibility index (Phi) is 5.53. The normalized spacial score (nSPS) is 13.6. The molecule has 4 rings (SSSR count). The lowest BCUT2D eigenvalue weighted by Gasteiger charge is -2.17. The molecule has 2 amide bonds. The zero-order chi connectivity index (χ0) is 20.2. The summed E-state index contributed by atoms with van der Waals surface area (Å²) in [6, 6.07) is 11.2. The van der Waals surface area contributed by atoms with Gasteiger partial charge >= 0.3 is 0 Å². The molecule has 2 aromatic carbocycles. The van der Waals surface area contributed by atoms with E-state index in [-0.39, 0.29) is 18.2 Å². The predicted molar refractivity (Wildman–Crippen MR) is 109 cm³/mol. The molecule has 0 saturated carbocycles. The minimum Gasteiger partial charge on any atom is -0.486 e. The molecule has 6 nitrogen and oxygen atoms in total. The van der Waals surface area contributed by atoms with Crippen LogP contribution >= 0.6 is 11.3 Å². The first kappa shape index (κ1) is 19.1. The molecule has 1 aromatic heterocycles. The van der Waals surface area contributed by atoms with Crippen LogP contribution in [-0.2, 0) is 11.4 Å². The molecule has 148 valence electrons. The number of thiazole rings is 1. The third kappa shape index (κ3) is 4.27. The second kappa shape index (κ2) is 8.40. The van der Waals surface area contributed by atoms with Crippen molar-refractivity contribution in [3.8, 4) is 5.75 Å². The molecule has 0 aliphatic carbocycles. The maximum Gasteiger partial charge on any atom is 0.259 e. The highest BCUT2D eigenvalue weighted by atomic mass is 32.1. The number of hydrogen-bond acceptors (Lipinski definition) is 5. The van der Waals surface area contributed by atoms with Crippen LogP contribution in [0.1, 0.15) is 28.9 Å². The number of para-hydroxylation sites is 1. The van der Waals surface area contributed by atoms with E-state index < -0.39 is 11.7 Å². The number of benzene rings is 2. The summed E-state index contributed by atoms with van der Waals surface area (Å²) in [6.45, 7) is 0.756. The molecule has 1 aliphatic rings. The van der Waals surface area contributed by atoms with E-state index in [1.54, 1.807) is 35.8 Å². The number of carbonyl (C=O) groups is 2. The Labute approximate surface area is 171 Å². The van der Waals surface area contributed by atoms with Crippen LogP contribution in [0.25, 0.3) is 0 Å². The zero-order valence-electron chi connectivity index (χ0n) is 15.4. The van der Waals surface area contributed by atoms with Crippen molar-refractivity contribution in [1.82, 2.24) is 4.98 Å². The molecule has 29 heavy (non-hydrogen) atoms. The lowest BCUT2D eigenvalue weighted by atomic mass is 10.1. The van der Waals surface area contributed by atoms with E-state index in [0.29, 0.717) is 36.4 Å². The summed E-state index contributed by atoms with van der Waals surface area (Å²) in [5.41, 5.74) is 3.36. The Balaban J connectivity index is 1.48. The fourth-order valence-corrected chi connectivity index (χ4v) is 3.69. The molecule has 2 heterocycles. The molecular weight excluding hydrogens is 393 g/mol. The SMILES string of the molecule is O=C(Nc1ccc(N2CCCC2=O)c(F)c1)c1ccccc1OCc1cscn1. The summed E-state index contributed by atoms with van der Waals surface area (Å²) in [5.74, 6) is -0.640. The van der Waals surface area contributed by atoms with Crippen LogP contribution < -0.4 is 15.0 Å². The largest absolute Gasteiger partial charge is 0.486 e. The first-order valence-electron chi connectivity index (χ1n) is 9.12. The molecule has 1 aliphatic heterocycles. The molecule has 3 aromatic rings. The number of nitrogens with one attached hydrogen (secondary N) is 1. The molecule has 1 saturated heterocycles. The van der Waals surface area contributed by atoms with Crippen LogP contribution in [0.5, 0.6) is 5.75 Å². The topological polar surface area (TPSA) is 71.5 Å². The molecule has 0 unspecified atom stereocenters. The third-order valence-electron chi connectivity index (χ3n) is 4.56. The van der Waals surface area contributed by atoms with Gasteiger partial charge in [-0.15, -0.1) is 11.3 Å². The van der Waals surface area contributed by atoms with Gasteiger partial charge in [0.1, 0.15) is 18.2 Å².